The summed E-state index contributed by atoms with van der Waals surface area (Å²) in [4.78, 5) is 22.4. The standard InChI is InChI=1S/C35H67O9P/c1-3-5-7-9-11-13-14-15-16-17-18-19-21-23-25-27-35(38)44-34(32-43-45(39,40)42-30-33(37)29-36)31-41-28-26-24-22-20-12-10-8-6-4-2/h11,13,15-16,33-34,36-37H,3-10,12,14,17-32H2,1-2H3,(H,39,40)/b13-11-,16-15-. The van der Waals surface area contributed by atoms with Crippen molar-refractivity contribution in [3.63, 3.8) is 0 Å². The van der Waals surface area contributed by atoms with Crippen molar-refractivity contribution in [1.29, 1.82) is 0 Å². The zero-order chi connectivity index (χ0) is 33.3. The summed E-state index contributed by atoms with van der Waals surface area (Å²) in [6, 6.07) is 0. The number of allylic oxidation sites excluding steroid dienone is 4. The van der Waals surface area contributed by atoms with E-state index in [1.807, 2.05) is 0 Å². The van der Waals surface area contributed by atoms with Gasteiger partial charge in [0, 0.05) is 13.0 Å². The van der Waals surface area contributed by atoms with Crippen LogP contribution >= 0.6 is 7.82 Å². The number of carbonyl (C=O) groups excluding carboxylic acids is 1. The number of unbranched alkanes of at least 4 members (excludes halogenated alkanes) is 16. The largest absolute Gasteiger partial charge is 0.472 e. The molecule has 3 unspecified atom stereocenters. The minimum Gasteiger partial charge on any atom is -0.457 e. The summed E-state index contributed by atoms with van der Waals surface area (Å²) in [6.07, 6.45) is 29.9. The second-order valence-corrected chi connectivity index (χ2v) is 13.3. The monoisotopic (exact) mass is 662 g/mol. The first-order valence-electron chi connectivity index (χ1n) is 17.8. The Labute approximate surface area is 274 Å². The van der Waals surface area contributed by atoms with E-state index >= 15 is 0 Å². The van der Waals surface area contributed by atoms with Gasteiger partial charge in [-0.3, -0.25) is 13.8 Å². The topological polar surface area (TPSA) is 132 Å². The SMILES string of the molecule is CCCCC/C=C\C/C=C\CCCCCCCC(=O)OC(COCCCCCCCCCCC)COP(=O)(O)OCC(O)CO. The van der Waals surface area contributed by atoms with Crippen LogP contribution in [0.15, 0.2) is 24.3 Å². The van der Waals surface area contributed by atoms with Crippen LogP contribution in [0, 0.1) is 0 Å². The van der Waals surface area contributed by atoms with Crippen LogP contribution in [0.5, 0.6) is 0 Å². The van der Waals surface area contributed by atoms with Gasteiger partial charge in [-0.05, 0) is 44.9 Å². The second-order valence-electron chi connectivity index (χ2n) is 11.9. The molecule has 266 valence electrons. The summed E-state index contributed by atoms with van der Waals surface area (Å²) >= 11 is 0. The Hall–Kier alpha value is -1.06. The van der Waals surface area contributed by atoms with Crippen LogP contribution in [0.2, 0.25) is 0 Å². The number of hydrogen-bond donors (Lipinski definition) is 3. The molecular weight excluding hydrogens is 595 g/mol. The quantitative estimate of drug-likeness (QED) is 0.0268. The van der Waals surface area contributed by atoms with Gasteiger partial charge in [0.1, 0.15) is 12.2 Å². The molecular formula is C35H67O9P. The molecule has 0 saturated carbocycles. The lowest BCUT2D eigenvalue weighted by Gasteiger charge is -2.20. The lowest BCUT2D eigenvalue weighted by Crippen LogP contribution is -2.29. The molecule has 0 amide bonds. The Morgan fingerprint density at radius 3 is 1.82 bits per heavy atom. The Bertz CT molecular complexity index is 759. The fourth-order valence-corrected chi connectivity index (χ4v) is 5.41. The molecule has 0 aromatic rings. The third kappa shape index (κ3) is 32.7. The number of ether oxygens (including phenoxy) is 2. The van der Waals surface area contributed by atoms with E-state index in [0.29, 0.717) is 13.0 Å². The van der Waals surface area contributed by atoms with Crippen molar-refractivity contribution in [2.45, 2.75) is 161 Å². The number of phosphoric ester groups is 1. The molecule has 0 aromatic carbocycles. The number of hydrogen-bond acceptors (Lipinski definition) is 8. The fraction of sp³-hybridized carbons (Fsp3) is 0.857. The van der Waals surface area contributed by atoms with Gasteiger partial charge in [-0.15, -0.1) is 0 Å². The Balaban J connectivity index is 4.27. The van der Waals surface area contributed by atoms with Crippen molar-refractivity contribution in [2.75, 3.05) is 33.0 Å². The Morgan fingerprint density at radius 1 is 0.689 bits per heavy atom. The van der Waals surface area contributed by atoms with Gasteiger partial charge in [-0.25, -0.2) is 4.57 Å². The first kappa shape index (κ1) is 43.9. The highest BCUT2D eigenvalue weighted by atomic mass is 31.2. The summed E-state index contributed by atoms with van der Waals surface area (Å²) in [5.41, 5.74) is 0. The number of phosphoric acid groups is 1. The van der Waals surface area contributed by atoms with Crippen molar-refractivity contribution in [3.05, 3.63) is 24.3 Å². The fourth-order valence-electron chi connectivity index (χ4n) is 4.62. The molecule has 0 heterocycles. The maximum Gasteiger partial charge on any atom is 0.472 e. The first-order valence-corrected chi connectivity index (χ1v) is 19.3. The van der Waals surface area contributed by atoms with Crippen LogP contribution in [-0.2, 0) is 27.9 Å². The second kappa shape index (κ2) is 32.9. The van der Waals surface area contributed by atoms with Crippen LogP contribution in [0.1, 0.15) is 149 Å². The lowest BCUT2D eigenvalue weighted by molar-refractivity contribution is -0.154. The molecule has 0 bridgehead atoms. The van der Waals surface area contributed by atoms with Crippen molar-refractivity contribution >= 4 is 13.8 Å². The minimum absolute atomic E-state index is 0.0458. The van der Waals surface area contributed by atoms with Gasteiger partial charge in [0.2, 0.25) is 0 Å². The Kier molecular flexibility index (Phi) is 32.1. The molecule has 9 nitrogen and oxygen atoms in total. The highest BCUT2D eigenvalue weighted by molar-refractivity contribution is 7.47. The summed E-state index contributed by atoms with van der Waals surface area (Å²) in [5.74, 6) is -0.398. The van der Waals surface area contributed by atoms with Crippen molar-refractivity contribution < 1.29 is 43.0 Å². The molecule has 3 N–H and O–H groups in total. The molecule has 0 aliphatic rings. The van der Waals surface area contributed by atoms with Gasteiger partial charge >= 0.3 is 13.8 Å². The molecule has 0 aromatic heterocycles. The summed E-state index contributed by atoms with van der Waals surface area (Å²) in [5, 5.41) is 18.2. The number of carbonyl (C=O) groups is 1. The normalized spacial score (nSPS) is 14.7. The molecule has 0 radical (unpaired) electrons. The van der Waals surface area contributed by atoms with Crippen molar-refractivity contribution in [3.8, 4) is 0 Å². The van der Waals surface area contributed by atoms with Gasteiger partial charge in [-0.1, -0.05) is 122 Å². The van der Waals surface area contributed by atoms with Crippen LogP contribution in [-0.4, -0.2) is 66.3 Å². The van der Waals surface area contributed by atoms with Gasteiger partial charge in [0.25, 0.3) is 0 Å². The molecule has 45 heavy (non-hydrogen) atoms. The van der Waals surface area contributed by atoms with Crippen molar-refractivity contribution in [2.24, 2.45) is 0 Å². The number of esters is 1. The van der Waals surface area contributed by atoms with Crippen LogP contribution < -0.4 is 0 Å². The third-order valence-corrected chi connectivity index (χ3v) is 8.34. The highest BCUT2D eigenvalue weighted by Crippen LogP contribution is 2.43. The van der Waals surface area contributed by atoms with E-state index in [0.717, 1.165) is 57.8 Å². The summed E-state index contributed by atoms with van der Waals surface area (Å²) < 4.78 is 33.1. The molecule has 0 saturated heterocycles. The zero-order valence-corrected chi connectivity index (χ0v) is 29.5. The number of aliphatic hydroxyl groups excluding tert-OH is 2. The van der Waals surface area contributed by atoms with E-state index in [1.165, 1.54) is 64.2 Å². The zero-order valence-electron chi connectivity index (χ0n) is 28.6. The van der Waals surface area contributed by atoms with E-state index in [1.54, 1.807) is 0 Å². The smallest absolute Gasteiger partial charge is 0.457 e. The predicted octanol–water partition coefficient (Wildman–Crippen LogP) is 8.75. The molecule has 0 aliphatic heterocycles. The molecule has 3 atom stereocenters. The van der Waals surface area contributed by atoms with Gasteiger partial charge in [0.15, 0.2) is 0 Å². The summed E-state index contributed by atoms with van der Waals surface area (Å²) in [6.45, 7) is 3.44. The maximum atomic E-state index is 12.5. The van der Waals surface area contributed by atoms with Crippen LogP contribution in [0.3, 0.4) is 0 Å². The summed E-state index contributed by atoms with van der Waals surface area (Å²) in [7, 11) is -4.50. The van der Waals surface area contributed by atoms with Gasteiger partial charge in [0.05, 0.1) is 26.4 Å². The van der Waals surface area contributed by atoms with E-state index in [9.17, 15) is 19.4 Å². The lowest BCUT2D eigenvalue weighted by atomic mass is 10.1. The molecule has 0 rings (SSSR count). The predicted molar refractivity (Wildman–Crippen MR) is 182 cm³/mol. The molecule has 10 heteroatoms. The molecule has 0 spiro atoms. The van der Waals surface area contributed by atoms with Crippen LogP contribution in [0.4, 0.5) is 0 Å². The third-order valence-electron chi connectivity index (χ3n) is 7.39. The maximum absolute atomic E-state index is 12.5. The highest BCUT2D eigenvalue weighted by Gasteiger charge is 2.26. The molecule has 0 fully saturated rings. The first-order chi connectivity index (χ1) is 21.8. The Morgan fingerprint density at radius 2 is 1.20 bits per heavy atom. The van der Waals surface area contributed by atoms with E-state index < -0.39 is 39.2 Å². The van der Waals surface area contributed by atoms with Crippen LogP contribution in [0.25, 0.3) is 0 Å². The van der Waals surface area contributed by atoms with E-state index in [4.69, 9.17) is 23.6 Å². The minimum atomic E-state index is -4.50. The van der Waals surface area contributed by atoms with Gasteiger partial charge < -0.3 is 24.6 Å². The van der Waals surface area contributed by atoms with Gasteiger partial charge in [-0.2, -0.15) is 0 Å². The average molecular weight is 663 g/mol. The van der Waals surface area contributed by atoms with E-state index in [-0.39, 0.29) is 19.6 Å². The number of aliphatic hydroxyl groups is 2. The van der Waals surface area contributed by atoms with E-state index in [2.05, 4.69) is 38.2 Å². The van der Waals surface area contributed by atoms with Crippen molar-refractivity contribution in [1.82, 2.24) is 0 Å². The average Bonchev–Trinajstić information content (AvgIpc) is 3.03. The number of rotatable bonds is 34. The molecule has 0 aliphatic carbocycles.